The van der Waals surface area contributed by atoms with Crippen LogP contribution in [0.25, 0.3) is 0 Å². The zero-order valence-corrected chi connectivity index (χ0v) is 23.5. The lowest BCUT2D eigenvalue weighted by Gasteiger charge is -2.25. The van der Waals surface area contributed by atoms with Crippen LogP contribution >= 0.6 is 23.4 Å². The number of anilines is 3. The Bertz CT molecular complexity index is 1280. The minimum absolute atomic E-state index is 0.100. The molecule has 7 nitrogen and oxygen atoms in total. The first-order valence-electron chi connectivity index (χ1n) is 12.0. The maximum absolute atomic E-state index is 13.4. The van der Waals surface area contributed by atoms with Gasteiger partial charge < -0.3 is 15.0 Å². The summed E-state index contributed by atoms with van der Waals surface area (Å²) in [6, 6.07) is 19.2. The molecule has 0 radical (unpaired) electrons. The molecular formula is C27H32ClN3O4S2. The number of nitrogens with one attached hydrogen (secondary N) is 2. The van der Waals surface area contributed by atoms with Crippen LogP contribution in [0.1, 0.15) is 26.7 Å². The Labute approximate surface area is 228 Å². The summed E-state index contributed by atoms with van der Waals surface area (Å²) in [6.07, 6.45) is 1.01. The second-order valence-corrected chi connectivity index (χ2v) is 11.4. The van der Waals surface area contributed by atoms with Crippen LogP contribution in [0.4, 0.5) is 17.1 Å². The Morgan fingerprint density at radius 2 is 1.62 bits per heavy atom. The van der Waals surface area contributed by atoms with Gasteiger partial charge in [-0.2, -0.15) is 0 Å². The number of rotatable bonds is 13. The van der Waals surface area contributed by atoms with E-state index in [2.05, 4.69) is 10.0 Å². The van der Waals surface area contributed by atoms with E-state index in [4.69, 9.17) is 16.3 Å². The van der Waals surface area contributed by atoms with Crippen molar-refractivity contribution < 1.29 is 17.9 Å². The van der Waals surface area contributed by atoms with E-state index in [9.17, 15) is 13.2 Å². The molecule has 0 atom stereocenters. The van der Waals surface area contributed by atoms with Crippen molar-refractivity contribution in [1.29, 1.82) is 0 Å². The number of methoxy groups -OCH3 is 1. The molecule has 1 amide bonds. The van der Waals surface area contributed by atoms with Crippen molar-refractivity contribution in [1.82, 2.24) is 0 Å². The molecule has 0 saturated heterocycles. The maximum atomic E-state index is 13.4. The lowest BCUT2D eigenvalue weighted by atomic mass is 10.2. The van der Waals surface area contributed by atoms with Crippen molar-refractivity contribution in [2.45, 2.75) is 36.5 Å². The molecule has 0 bridgehead atoms. The highest BCUT2D eigenvalue weighted by atomic mass is 35.5. The third-order valence-electron chi connectivity index (χ3n) is 5.61. The predicted octanol–water partition coefficient (Wildman–Crippen LogP) is 6.51. The molecule has 3 aromatic rings. The molecule has 0 aromatic heterocycles. The first-order chi connectivity index (χ1) is 17.7. The Hall–Kier alpha value is -2.88. The topological polar surface area (TPSA) is 87.7 Å². The number of amides is 1. The first-order valence-corrected chi connectivity index (χ1v) is 14.8. The molecule has 0 spiro atoms. The van der Waals surface area contributed by atoms with Crippen LogP contribution in [-0.4, -0.2) is 40.3 Å². The number of benzene rings is 3. The summed E-state index contributed by atoms with van der Waals surface area (Å²) in [5, 5.41) is 3.54. The zero-order chi connectivity index (χ0) is 26.8. The molecule has 0 saturated carbocycles. The van der Waals surface area contributed by atoms with E-state index in [-0.39, 0.29) is 10.8 Å². The van der Waals surface area contributed by atoms with Crippen LogP contribution in [0.3, 0.4) is 0 Å². The van der Waals surface area contributed by atoms with Crippen molar-refractivity contribution in [3.05, 3.63) is 71.8 Å². The lowest BCUT2D eigenvalue weighted by Crippen LogP contribution is -2.26. The van der Waals surface area contributed by atoms with E-state index in [0.717, 1.165) is 10.6 Å². The summed E-state index contributed by atoms with van der Waals surface area (Å²) in [5.41, 5.74) is 1.42. The molecule has 0 aliphatic heterocycles. The van der Waals surface area contributed by atoms with Gasteiger partial charge in [0.1, 0.15) is 10.6 Å². The molecule has 0 fully saturated rings. The zero-order valence-electron chi connectivity index (χ0n) is 21.2. The Morgan fingerprint density at radius 1 is 0.973 bits per heavy atom. The molecule has 10 heteroatoms. The molecule has 198 valence electrons. The first kappa shape index (κ1) is 28.7. The van der Waals surface area contributed by atoms with Gasteiger partial charge in [-0.1, -0.05) is 11.6 Å². The van der Waals surface area contributed by atoms with E-state index in [1.807, 2.05) is 43.0 Å². The molecule has 0 aliphatic rings. The molecule has 0 heterocycles. The molecular weight excluding hydrogens is 530 g/mol. The third kappa shape index (κ3) is 8.31. The fourth-order valence-electron chi connectivity index (χ4n) is 3.68. The van der Waals surface area contributed by atoms with Crippen molar-refractivity contribution >= 4 is 56.4 Å². The van der Waals surface area contributed by atoms with Gasteiger partial charge in [-0.25, -0.2) is 8.42 Å². The van der Waals surface area contributed by atoms with Crippen LogP contribution < -0.4 is 19.7 Å². The van der Waals surface area contributed by atoms with E-state index >= 15 is 0 Å². The normalized spacial score (nSPS) is 11.1. The van der Waals surface area contributed by atoms with Crippen LogP contribution in [0, 0.1) is 0 Å². The SMILES string of the molecule is CCN(CC)c1ccc(NC(=O)CCCSc2ccc(Cl)cc2)cc1S(=O)(=O)Nc1ccc(OC)cc1. The number of halogens is 1. The number of ether oxygens (including phenoxy) is 1. The van der Waals surface area contributed by atoms with Crippen molar-refractivity contribution in [3.8, 4) is 5.75 Å². The van der Waals surface area contributed by atoms with Crippen LogP contribution in [0.15, 0.2) is 76.5 Å². The number of hydrogen-bond donors (Lipinski definition) is 2. The van der Waals surface area contributed by atoms with Gasteiger partial charge in [-0.15, -0.1) is 11.8 Å². The Kier molecular flexibility index (Phi) is 10.5. The fourth-order valence-corrected chi connectivity index (χ4v) is 5.97. The van der Waals surface area contributed by atoms with Gasteiger partial charge in [0.25, 0.3) is 10.0 Å². The number of nitrogens with zero attached hydrogens (tertiary/aromatic N) is 1. The highest BCUT2D eigenvalue weighted by Crippen LogP contribution is 2.31. The summed E-state index contributed by atoms with van der Waals surface area (Å²) in [4.78, 5) is 15.7. The standard InChI is InChI=1S/C27H32ClN3O4S2/c1-4-31(5-2)25-17-12-22(29-27(32)7-6-18-36-24-15-8-20(28)9-16-24)19-26(25)37(33,34)30-21-10-13-23(35-3)14-11-21/h8-17,19,30H,4-7,18H2,1-3H3,(H,29,32). The molecule has 0 aliphatic carbocycles. The van der Waals surface area contributed by atoms with Gasteiger partial charge in [0.15, 0.2) is 0 Å². The van der Waals surface area contributed by atoms with Gasteiger partial charge in [-0.3, -0.25) is 9.52 Å². The summed E-state index contributed by atoms with van der Waals surface area (Å²) in [5.74, 6) is 1.24. The van der Waals surface area contributed by atoms with Crippen LogP contribution in [0.5, 0.6) is 5.75 Å². The summed E-state index contributed by atoms with van der Waals surface area (Å²) < 4.78 is 34.6. The number of carbonyl (C=O) groups excluding carboxylic acids is 1. The van der Waals surface area contributed by atoms with E-state index in [1.165, 1.54) is 6.07 Å². The average molecular weight is 562 g/mol. The third-order valence-corrected chi connectivity index (χ3v) is 8.37. The monoisotopic (exact) mass is 561 g/mol. The van der Waals surface area contributed by atoms with Gasteiger partial charge in [-0.05, 0) is 92.8 Å². The highest BCUT2D eigenvalue weighted by molar-refractivity contribution is 7.99. The number of thioether (sulfide) groups is 1. The smallest absolute Gasteiger partial charge is 0.264 e. The second kappa shape index (κ2) is 13.6. The minimum atomic E-state index is -3.94. The van der Waals surface area contributed by atoms with Gasteiger partial charge in [0.2, 0.25) is 5.91 Å². The van der Waals surface area contributed by atoms with E-state index in [1.54, 1.807) is 55.3 Å². The van der Waals surface area contributed by atoms with Crippen molar-refractivity contribution in [2.24, 2.45) is 0 Å². The van der Waals surface area contributed by atoms with Crippen molar-refractivity contribution in [3.63, 3.8) is 0 Å². The number of carbonyl (C=O) groups is 1. The van der Waals surface area contributed by atoms with Crippen LogP contribution in [0.2, 0.25) is 5.02 Å². The highest BCUT2D eigenvalue weighted by Gasteiger charge is 2.22. The second-order valence-electron chi connectivity index (χ2n) is 8.14. The molecule has 3 aromatic carbocycles. The van der Waals surface area contributed by atoms with Gasteiger partial charge >= 0.3 is 0 Å². The average Bonchev–Trinajstić information content (AvgIpc) is 2.89. The number of sulfonamides is 1. The largest absolute Gasteiger partial charge is 0.497 e. The summed E-state index contributed by atoms with van der Waals surface area (Å²) in [7, 11) is -2.39. The molecule has 2 N–H and O–H groups in total. The quantitative estimate of drug-likeness (QED) is 0.183. The van der Waals surface area contributed by atoms with E-state index in [0.29, 0.717) is 53.8 Å². The van der Waals surface area contributed by atoms with Crippen molar-refractivity contribution in [2.75, 3.05) is 40.9 Å². The van der Waals surface area contributed by atoms with Crippen LogP contribution in [-0.2, 0) is 14.8 Å². The van der Waals surface area contributed by atoms with Gasteiger partial charge in [0, 0.05) is 40.8 Å². The summed E-state index contributed by atoms with van der Waals surface area (Å²) >= 11 is 7.57. The fraction of sp³-hybridized carbons (Fsp3) is 0.296. The van der Waals surface area contributed by atoms with Gasteiger partial charge in [0.05, 0.1) is 12.8 Å². The Balaban J connectivity index is 1.71. The molecule has 37 heavy (non-hydrogen) atoms. The maximum Gasteiger partial charge on any atom is 0.264 e. The number of hydrogen-bond acceptors (Lipinski definition) is 6. The minimum Gasteiger partial charge on any atom is -0.497 e. The Morgan fingerprint density at radius 3 is 2.24 bits per heavy atom. The molecule has 3 rings (SSSR count). The lowest BCUT2D eigenvalue weighted by molar-refractivity contribution is -0.116. The van der Waals surface area contributed by atoms with E-state index < -0.39 is 10.0 Å². The summed E-state index contributed by atoms with van der Waals surface area (Å²) in [6.45, 7) is 5.21. The molecule has 0 unspecified atom stereocenters. The predicted molar refractivity (Wildman–Crippen MR) is 154 cm³/mol.